The lowest BCUT2D eigenvalue weighted by Gasteiger charge is -2.36. The van der Waals surface area contributed by atoms with E-state index in [1.54, 1.807) is 23.1 Å². The number of carbonyl (C=O) groups is 1. The van der Waals surface area contributed by atoms with Crippen molar-refractivity contribution in [3.63, 3.8) is 0 Å². The number of nitrogens with zero attached hydrogens (tertiary/aromatic N) is 2. The molecule has 1 saturated heterocycles. The Morgan fingerprint density at radius 1 is 1.04 bits per heavy atom. The molecule has 1 fully saturated rings. The lowest BCUT2D eigenvalue weighted by Crippen LogP contribution is -2.48. The van der Waals surface area contributed by atoms with Crippen molar-refractivity contribution in [1.82, 2.24) is 9.88 Å². The highest BCUT2D eigenvalue weighted by Crippen LogP contribution is 2.26. The normalized spacial score (nSPS) is 14.9. The lowest BCUT2D eigenvalue weighted by molar-refractivity contribution is 0.0747. The van der Waals surface area contributed by atoms with Gasteiger partial charge in [0.2, 0.25) is 0 Å². The van der Waals surface area contributed by atoms with Crippen LogP contribution in [0, 0.1) is 0 Å². The zero-order valence-electron chi connectivity index (χ0n) is 13.4. The second-order valence-corrected chi connectivity index (χ2v) is 6.33. The number of benzene rings is 2. The molecule has 2 heterocycles. The largest absolute Gasteiger partial charge is 0.417 e. The minimum atomic E-state index is -0.463. The Hall–Kier alpha value is -2.73. The molecular formula is C18H16ClN3O3. The van der Waals surface area contributed by atoms with Crippen LogP contribution in [0.3, 0.4) is 0 Å². The first kappa shape index (κ1) is 15.8. The van der Waals surface area contributed by atoms with Gasteiger partial charge in [0, 0.05) is 26.2 Å². The highest BCUT2D eigenvalue weighted by molar-refractivity contribution is 6.33. The summed E-state index contributed by atoms with van der Waals surface area (Å²) in [7, 11) is 0. The number of hydrogen-bond acceptors (Lipinski definition) is 4. The number of halogens is 1. The second-order valence-electron chi connectivity index (χ2n) is 5.93. The van der Waals surface area contributed by atoms with Gasteiger partial charge in [0.25, 0.3) is 5.91 Å². The number of aromatic amines is 1. The second kappa shape index (κ2) is 6.29. The van der Waals surface area contributed by atoms with Gasteiger partial charge in [-0.1, -0.05) is 29.8 Å². The molecular weight excluding hydrogens is 342 g/mol. The van der Waals surface area contributed by atoms with Crippen molar-refractivity contribution in [3.8, 4) is 0 Å². The number of amides is 1. The summed E-state index contributed by atoms with van der Waals surface area (Å²) >= 11 is 6.13. The highest BCUT2D eigenvalue weighted by atomic mass is 35.5. The maximum absolute atomic E-state index is 12.6. The van der Waals surface area contributed by atoms with Gasteiger partial charge in [0.1, 0.15) is 0 Å². The third kappa shape index (κ3) is 2.89. The van der Waals surface area contributed by atoms with E-state index < -0.39 is 5.76 Å². The molecule has 6 nitrogen and oxygen atoms in total. The molecule has 0 radical (unpaired) electrons. The van der Waals surface area contributed by atoms with Crippen LogP contribution in [0.5, 0.6) is 0 Å². The van der Waals surface area contributed by atoms with Gasteiger partial charge in [0.15, 0.2) is 5.58 Å². The number of H-pyrrole nitrogens is 1. The van der Waals surface area contributed by atoms with Crippen LogP contribution in [-0.4, -0.2) is 42.0 Å². The molecule has 1 aliphatic heterocycles. The van der Waals surface area contributed by atoms with E-state index in [0.29, 0.717) is 47.9 Å². The molecule has 1 aliphatic rings. The van der Waals surface area contributed by atoms with Crippen LogP contribution in [0.15, 0.2) is 51.7 Å². The maximum Gasteiger partial charge on any atom is 0.417 e. The number of carbonyl (C=O) groups excluding carboxylic acids is 1. The Kier molecular flexibility index (Phi) is 3.97. The number of para-hydroxylation sites is 1. The number of nitrogens with one attached hydrogen (secondary N) is 1. The molecule has 25 heavy (non-hydrogen) atoms. The summed E-state index contributed by atoms with van der Waals surface area (Å²) < 4.78 is 5.26. The number of oxazole rings is 1. The molecule has 4 rings (SSSR count). The molecule has 7 heteroatoms. The maximum atomic E-state index is 12.6. The highest BCUT2D eigenvalue weighted by Gasteiger charge is 2.25. The van der Waals surface area contributed by atoms with Crippen LogP contribution in [0.2, 0.25) is 5.02 Å². The predicted molar refractivity (Wildman–Crippen MR) is 96.4 cm³/mol. The first-order valence-electron chi connectivity index (χ1n) is 8.04. The topological polar surface area (TPSA) is 69.6 Å². The van der Waals surface area contributed by atoms with E-state index in [2.05, 4.69) is 9.88 Å². The van der Waals surface area contributed by atoms with E-state index in [1.165, 1.54) is 0 Å². The third-order valence-electron chi connectivity index (χ3n) is 4.44. The van der Waals surface area contributed by atoms with Gasteiger partial charge in [-0.3, -0.25) is 9.78 Å². The number of anilines is 1. The fraction of sp³-hybridized carbons (Fsp3) is 0.222. The van der Waals surface area contributed by atoms with E-state index >= 15 is 0 Å². The summed E-state index contributed by atoms with van der Waals surface area (Å²) in [5.74, 6) is -0.522. The van der Waals surface area contributed by atoms with Crippen LogP contribution < -0.4 is 10.7 Å². The molecule has 0 bridgehead atoms. The van der Waals surface area contributed by atoms with E-state index in [0.717, 1.165) is 5.69 Å². The Balaban J connectivity index is 1.52. The average molecular weight is 358 g/mol. The number of piperazine rings is 1. The minimum Gasteiger partial charge on any atom is -0.406 e. The van der Waals surface area contributed by atoms with Crippen LogP contribution in [0.1, 0.15) is 10.4 Å². The molecule has 3 aromatic rings. The summed E-state index contributed by atoms with van der Waals surface area (Å²) in [6.45, 7) is 2.47. The van der Waals surface area contributed by atoms with Gasteiger partial charge in [-0.25, -0.2) is 4.79 Å². The van der Waals surface area contributed by atoms with Crippen molar-refractivity contribution in [1.29, 1.82) is 0 Å². The van der Waals surface area contributed by atoms with Gasteiger partial charge in [-0.05, 0) is 24.3 Å². The Labute approximate surface area is 148 Å². The van der Waals surface area contributed by atoms with Gasteiger partial charge in [-0.2, -0.15) is 0 Å². The summed E-state index contributed by atoms with van der Waals surface area (Å²) in [6.07, 6.45) is 0. The molecule has 0 saturated carbocycles. The smallest absolute Gasteiger partial charge is 0.406 e. The number of hydrogen-bond donors (Lipinski definition) is 1. The van der Waals surface area contributed by atoms with Gasteiger partial charge in [0.05, 0.1) is 21.8 Å². The molecule has 0 unspecified atom stereocenters. The van der Waals surface area contributed by atoms with Crippen LogP contribution >= 0.6 is 11.6 Å². The van der Waals surface area contributed by atoms with E-state index in [9.17, 15) is 9.59 Å². The standard InChI is InChI=1S/C18H16ClN3O3/c19-13-5-2-1-4-12(13)17(23)22-10-8-21(9-11-22)15-7-3-6-14-16(15)25-18(24)20-14/h1-7H,8-11H2,(H,20,24). The summed E-state index contributed by atoms with van der Waals surface area (Å²) in [6, 6.07) is 12.7. The fourth-order valence-electron chi connectivity index (χ4n) is 3.16. The molecule has 2 aromatic carbocycles. The molecule has 0 aliphatic carbocycles. The molecule has 1 aromatic heterocycles. The van der Waals surface area contributed by atoms with Crippen LogP contribution in [-0.2, 0) is 0 Å². The summed E-state index contributed by atoms with van der Waals surface area (Å²) in [5, 5.41) is 0.466. The molecule has 0 atom stereocenters. The van der Waals surface area contributed by atoms with Crippen LogP contribution in [0.4, 0.5) is 5.69 Å². The number of aromatic nitrogens is 1. The Morgan fingerprint density at radius 2 is 1.80 bits per heavy atom. The first-order chi connectivity index (χ1) is 12.1. The number of fused-ring (bicyclic) bond motifs is 1. The summed E-state index contributed by atoms with van der Waals surface area (Å²) in [5.41, 5.74) is 2.62. The fourth-order valence-corrected chi connectivity index (χ4v) is 3.38. The van der Waals surface area contributed by atoms with E-state index in [-0.39, 0.29) is 5.91 Å². The quantitative estimate of drug-likeness (QED) is 0.765. The average Bonchev–Trinajstić information content (AvgIpc) is 3.02. The van der Waals surface area contributed by atoms with E-state index in [1.807, 2.05) is 24.3 Å². The van der Waals surface area contributed by atoms with Crippen molar-refractivity contribution in [3.05, 3.63) is 63.6 Å². The van der Waals surface area contributed by atoms with Gasteiger partial charge in [-0.15, -0.1) is 0 Å². The first-order valence-corrected chi connectivity index (χ1v) is 8.42. The molecule has 128 valence electrons. The lowest BCUT2D eigenvalue weighted by atomic mass is 10.1. The minimum absolute atomic E-state index is 0.0587. The van der Waals surface area contributed by atoms with Crippen molar-refractivity contribution in [2.24, 2.45) is 0 Å². The Bertz CT molecular complexity index is 986. The predicted octanol–water partition coefficient (Wildman–Crippen LogP) is 2.74. The van der Waals surface area contributed by atoms with Crippen LogP contribution in [0.25, 0.3) is 11.1 Å². The zero-order chi connectivity index (χ0) is 17.4. The van der Waals surface area contributed by atoms with Crippen molar-refractivity contribution in [2.75, 3.05) is 31.1 Å². The number of rotatable bonds is 2. The van der Waals surface area contributed by atoms with E-state index in [4.69, 9.17) is 16.0 Å². The van der Waals surface area contributed by atoms with Crippen molar-refractivity contribution < 1.29 is 9.21 Å². The zero-order valence-corrected chi connectivity index (χ0v) is 14.1. The summed E-state index contributed by atoms with van der Waals surface area (Å²) in [4.78, 5) is 30.7. The van der Waals surface area contributed by atoms with Gasteiger partial charge >= 0.3 is 5.76 Å². The molecule has 0 spiro atoms. The molecule has 1 N–H and O–H groups in total. The molecule has 1 amide bonds. The Morgan fingerprint density at radius 3 is 2.56 bits per heavy atom. The van der Waals surface area contributed by atoms with Crippen molar-refractivity contribution in [2.45, 2.75) is 0 Å². The monoisotopic (exact) mass is 357 g/mol. The van der Waals surface area contributed by atoms with Gasteiger partial charge < -0.3 is 14.2 Å². The SMILES string of the molecule is O=C(c1ccccc1Cl)N1CCN(c2cccc3[nH]c(=O)oc23)CC1. The third-order valence-corrected chi connectivity index (χ3v) is 4.77. The van der Waals surface area contributed by atoms with Crippen molar-refractivity contribution >= 4 is 34.3 Å².